The molecule has 2 heterocycles. The molecule has 0 unspecified atom stereocenters. The molecule has 5 rings (SSSR count). The number of hydrogen-bond donors (Lipinski definition) is 0. The van der Waals surface area contributed by atoms with Crippen LogP contribution in [0.5, 0.6) is 0 Å². The molecule has 0 spiro atoms. The first-order valence-electron chi connectivity index (χ1n) is 13.8. The summed E-state index contributed by atoms with van der Waals surface area (Å²) in [4.78, 5) is 19.0. The molecule has 0 radical (unpaired) electrons. The van der Waals surface area contributed by atoms with Crippen LogP contribution in [0.25, 0.3) is 45.4 Å². The lowest BCUT2D eigenvalue weighted by atomic mass is 9.86. The average Bonchev–Trinajstić information content (AvgIpc) is 2.96. The van der Waals surface area contributed by atoms with E-state index in [1.54, 1.807) is 12.3 Å². The van der Waals surface area contributed by atoms with Gasteiger partial charge >= 0.3 is 6.18 Å². The largest absolute Gasteiger partial charge is 0.416 e. The van der Waals surface area contributed by atoms with Crippen molar-refractivity contribution in [1.29, 1.82) is 0 Å². The van der Waals surface area contributed by atoms with E-state index in [2.05, 4.69) is 70.8 Å². The van der Waals surface area contributed by atoms with E-state index < -0.39 is 11.7 Å². The molecule has 0 saturated heterocycles. The molecule has 214 valence electrons. The van der Waals surface area contributed by atoms with Crippen LogP contribution in [0.1, 0.15) is 58.2 Å². The predicted octanol–water partition coefficient (Wildman–Crippen LogP) is 9.55. The highest BCUT2D eigenvalue weighted by Crippen LogP contribution is 2.32. The maximum Gasteiger partial charge on any atom is 0.416 e. The van der Waals surface area contributed by atoms with E-state index in [9.17, 15) is 13.2 Å². The second kappa shape index (κ2) is 10.8. The molecule has 4 nitrogen and oxygen atoms in total. The Morgan fingerprint density at radius 3 is 1.14 bits per heavy atom. The lowest BCUT2D eigenvalue weighted by Gasteiger charge is -2.19. The van der Waals surface area contributed by atoms with E-state index in [4.69, 9.17) is 15.0 Å². The summed E-state index contributed by atoms with van der Waals surface area (Å²) < 4.78 is 38.9. The highest BCUT2D eigenvalue weighted by Gasteiger charge is 2.30. The molecular formula is C35H33F3N4. The van der Waals surface area contributed by atoms with E-state index in [1.807, 2.05) is 30.3 Å². The van der Waals surface area contributed by atoms with Crippen LogP contribution < -0.4 is 0 Å². The minimum Gasteiger partial charge on any atom is -0.255 e. The number of halogens is 3. The smallest absolute Gasteiger partial charge is 0.255 e. The topological polar surface area (TPSA) is 51.6 Å². The summed E-state index contributed by atoms with van der Waals surface area (Å²) in [5, 5.41) is 0. The van der Waals surface area contributed by atoms with Crippen molar-refractivity contribution in [3.63, 3.8) is 0 Å². The second-order valence-corrected chi connectivity index (χ2v) is 12.5. The Hall–Kier alpha value is -4.39. The van der Waals surface area contributed by atoms with Crippen LogP contribution in [0.3, 0.4) is 0 Å². The Morgan fingerprint density at radius 2 is 0.786 bits per heavy atom. The Labute approximate surface area is 244 Å². The number of benzene rings is 3. The van der Waals surface area contributed by atoms with Gasteiger partial charge in [0.1, 0.15) is 0 Å². The molecule has 3 aromatic carbocycles. The van der Waals surface area contributed by atoms with Gasteiger partial charge in [0.15, 0.2) is 17.5 Å². The monoisotopic (exact) mass is 566 g/mol. The third kappa shape index (κ3) is 6.40. The first-order chi connectivity index (χ1) is 19.7. The zero-order chi connectivity index (χ0) is 30.3. The van der Waals surface area contributed by atoms with Crippen LogP contribution in [0.15, 0.2) is 91.1 Å². The Bertz CT molecular complexity index is 1600. The average molecular weight is 567 g/mol. The maximum atomic E-state index is 13.0. The van der Waals surface area contributed by atoms with Crippen molar-refractivity contribution in [2.75, 3.05) is 0 Å². The molecule has 0 atom stereocenters. The van der Waals surface area contributed by atoms with Gasteiger partial charge in [0.2, 0.25) is 0 Å². The van der Waals surface area contributed by atoms with E-state index >= 15 is 0 Å². The molecule has 42 heavy (non-hydrogen) atoms. The van der Waals surface area contributed by atoms with Gasteiger partial charge < -0.3 is 0 Å². The molecule has 5 aromatic rings. The summed E-state index contributed by atoms with van der Waals surface area (Å²) in [6.07, 6.45) is -2.74. The van der Waals surface area contributed by atoms with Crippen LogP contribution in [-0.4, -0.2) is 19.9 Å². The first kappa shape index (κ1) is 29.1. The van der Waals surface area contributed by atoms with E-state index in [0.29, 0.717) is 34.3 Å². The van der Waals surface area contributed by atoms with Gasteiger partial charge in [-0.25, -0.2) is 15.0 Å². The third-order valence-corrected chi connectivity index (χ3v) is 7.18. The fourth-order valence-corrected chi connectivity index (χ4v) is 4.53. The summed E-state index contributed by atoms with van der Waals surface area (Å²) in [6.45, 7) is 13.0. The summed E-state index contributed by atoms with van der Waals surface area (Å²) in [7, 11) is 0. The minimum absolute atomic E-state index is 0.0171. The Kier molecular flexibility index (Phi) is 7.48. The lowest BCUT2D eigenvalue weighted by Crippen LogP contribution is -2.10. The fourth-order valence-electron chi connectivity index (χ4n) is 4.53. The zero-order valence-electron chi connectivity index (χ0n) is 24.6. The van der Waals surface area contributed by atoms with Crippen molar-refractivity contribution in [3.05, 3.63) is 108 Å². The molecule has 0 amide bonds. The van der Waals surface area contributed by atoms with Crippen LogP contribution in [0.2, 0.25) is 0 Å². The van der Waals surface area contributed by atoms with Crippen molar-refractivity contribution in [1.82, 2.24) is 19.9 Å². The zero-order valence-corrected chi connectivity index (χ0v) is 24.6. The molecule has 0 aliphatic heterocycles. The number of nitrogens with zero attached hydrogens (tertiary/aromatic N) is 4. The summed E-state index contributed by atoms with van der Waals surface area (Å²) >= 11 is 0. The van der Waals surface area contributed by atoms with Crippen LogP contribution in [-0.2, 0) is 17.0 Å². The second-order valence-electron chi connectivity index (χ2n) is 12.5. The lowest BCUT2D eigenvalue weighted by molar-refractivity contribution is -0.137. The van der Waals surface area contributed by atoms with E-state index in [-0.39, 0.29) is 10.8 Å². The number of pyridine rings is 1. The van der Waals surface area contributed by atoms with Crippen LogP contribution in [0, 0.1) is 0 Å². The maximum absolute atomic E-state index is 13.0. The third-order valence-electron chi connectivity index (χ3n) is 7.18. The fraction of sp³-hybridized carbons (Fsp3) is 0.257. The highest BCUT2D eigenvalue weighted by molar-refractivity contribution is 5.68. The molecular weight excluding hydrogens is 533 g/mol. The van der Waals surface area contributed by atoms with Crippen molar-refractivity contribution in [2.24, 2.45) is 0 Å². The van der Waals surface area contributed by atoms with Gasteiger partial charge in [0, 0.05) is 28.5 Å². The van der Waals surface area contributed by atoms with Gasteiger partial charge in [-0.2, -0.15) is 13.2 Å². The number of rotatable bonds is 4. The summed E-state index contributed by atoms with van der Waals surface area (Å²) in [5.41, 5.74) is 5.31. The quantitative estimate of drug-likeness (QED) is 0.217. The minimum atomic E-state index is -4.38. The van der Waals surface area contributed by atoms with Gasteiger partial charge in [-0.3, -0.25) is 4.98 Å². The van der Waals surface area contributed by atoms with Crippen molar-refractivity contribution < 1.29 is 13.2 Å². The number of hydrogen-bond acceptors (Lipinski definition) is 4. The standard InChI is InChI=1S/C35H33F3N4/c1-33(2,3)26-14-9-23(10-15-26)30-40-31(24-11-16-27(17-12-24)34(4,5)6)42-32(41-30)25-13-20-29(39-21-25)22-7-18-28(19-8-22)35(36,37)38/h7-21H,1-6H3. The van der Waals surface area contributed by atoms with Crippen LogP contribution in [0.4, 0.5) is 13.2 Å². The van der Waals surface area contributed by atoms with Crippen molar-refractivity contribution >= 4 is 0 Å². The van der Waals surface area contributed by atoms with Crippen molar-refractivity contribution in [3.8, 4) is 45.4 Å². The predicted molar refractivity (Wildman–Crippen MR) is 162 cm³/mol. The highest BCUT2D eigenvalue weighted by atomic mass is 19.4. The van der Waals surface area contributed by atoms with Crippen molar-refractivity contribution in [2.45, 2.75) is 58.5 Å². The molecule has 0 saturated carbocycles. The molecule has 0 aliphatic carbocycles. The van der Waals surface area contributed by atoms with Gasteiger partial charge in [0.25, 0.3) is 0 Å². The number of aromatic nitrogens is 4. The SMILES string of the molecule is CC(C)(C)c1ccc(-c2nc(-c3ccc(C(C)(C)C)cc3)nc(-c3ccc(-c4ccc(C(F)(F)F)cc4)nc3)n2)cc1. The Morgan fingerprint density at radius 1 is 0.429 bits per heavy atom. The molecule has 0 bridgehead atoms. The van der Waals surface area contributed by atoms with E-state index in [1.165, 1.54) is 23.3 Å². The molecule has 7 heteroatoms. The molecule has 2 aromatic heterocycles. The molecule has 0 fully saturated rings. The van der Waals surface area contributed by atoms with Gasteiger partial charge in [0.05, 0.1) is 11.3 Å². The van der Waals surface area contributed by atoms with Gasteiger partial charge in [-0.1, -0.05) is 102 Å². The van der Waals surface area contributed by atoms with Gasteiger partial charge in [-0.15, -0.1) is 0 Å². The normalized spacial score (nSPS) is 12.4. The number of alkyl halides is 3. The summed E-state index contributed by atoms with van der Waals surface area (Å²) in [6, 6.07) is 25.0. The van der Waals surface area contributed by atoms with E-state index in [0.717, 1.165) is 23.3 Å². The first-order valence-corrected chi connectivity index (χ1v) is 13.8. The van der Waals surface area contributed by atoms with Gasteiger partial charge in [-0.05, 0) is 46.2 Å². The molecule has 0 N–H and O–H groups in total. The Balaban J connectivity index is 1.55. The molecule has 0 aliphatic rings. The van der Waals surface area contributed by atoms with Crippen LogP contribution >= 0.6 is 0 Å². The summed E-state index contributed by atoms with van der Waals surface area (Å²) in [5.74, 6) is 1.55.